The highest BCUT2D eigenvalue weighted by atomic mass is 16.5. The van der Waals surface area contributed by atoms with Crippen LogP contribution in [0.1, 0.15) is 12.8 Å². The summed E-state index contributed by atoms with van der Waals surface area (Å²) in [4.78, 5) is 25.1. The zero-order valence-corrected chi connectivity index (χ0v) is 10.8. The van der Waals surface area contributed by atoms with Gasteiger partial charge in [-0.15, -0.1) is 6.58 Å². The Morgan fingerprint density at radius 2 is 2.06 bits per heavy atom. The van der Waals surface area contributed by atoms with Gasteiger partial charge in [0, 0.05) is 13.5 Å². The number of nitrogens with zero attached hydrogens (tertiary/aromatic N) is 1. The topological polar surface area (TPSA) is 55.8 Å². The van der Waals surface area contributed by atoms with Gasteiger partial charge in [-0.25, -0.2) is 4.79 Å². The first kappa shape index (κ1) is 14.4. The van der Waals surface area contributed by atoms with Gasteiger partial charge >= 0.3 is 5.97 Å². The maximum absolute atomic E-state index is 11.9. The molecule has 0 aromatic carbocycles. The van der Waals surface area contributed by atoms with Crippen molar-refractivity contribution in [1.82, 2.24) is 4.90 Å². The van der Waals surface area contributed by atoms with E-state index in [4.69, 9.17) is 9.47 Å². The van der Waals surface area contributed by atoms with Crippen molar-refractivity contribution in [3.8, 4) is 0 Å². The molecule has 1 aliphatic heterocycles. The zero-order chi connectivity index (χ0) is 13.7. The third-order valence-corrected chi connectivity index (χ3v) is 3.19. The molecule has 5 heteroatoms. The fraction of sp³-hybridized carbons (Fsp3) is 0.538. The van der Waals surface area contributed by atoms with Crippen LogP contribution in [-0.2, 0) is 19.1 Å². The summed E-state index contributed by atoms with van der Waals surface area (Å²) in [5, 5.41) is 0. The van der Waals surface area contributed by atoms with Gasteiger partial charge in [-0.3, -0.25) is 4.79 Å². The van der Waals surface area contributed by atoms with Crippen LogP contribution in [0.4, 0.5) is 0 Å². The van der Waals surface area contributed by atoms with E-state index >= 15 is 0 Å². The Morgan fingerprint density at radius 3 is 2.50 bits per heavy atom. The monoisotopic (exact) mass is 253 g/mol. The first-order chi connectivity index (χ1) is 8.60. The third-order valence-electron chi connectivity index (χ3n) is 3.19. The van der Waals surface area contributed by atoms with Gasteiger partial charge in [0.05, 0.1) is 19.3 Å². The molecular weight excluding hydrogens is 234 g/mol. The predicted molar refractivity (Wildman–Crippen MR) is 66.9 cm³/mol. The smallest absolute Gasteiger partial charge is 0.328 e. The second-order valence-corrected chi connectivity index (χ2v) is 4.09. The second-order valence-electron chi connectivity index (χ2n) is 4.09. The second kappa shape index (κ2) is 6.35. The van der Waals surface area contributed by atoms with Crippen LogP contribution in [0.5, 0.6) is 0 Å². The SMILES string of the molecule is C=CCC1[C@H](OC)C[C@@H](C(=O)OC)N1C(=O)C=C. The largest absolute Gasteiger partial charge is 0.467 e. The number of hydrogen-bond donors (Lipinski definition) is 0. The summed E-state index contributed by atoms with van der Waals surface area (Å²) >= 11 is 0. The number of methoxy groups -OCH3 is 2. The minimum absolute atomic E-state index is 0.198. The lowest BCUT2D eigenvalue weighted by Gasteiger charge is -2.28. The number of carbonyl (C=O) groups excluding carboxylic acids is 2. The van der Waals surface area contributed by atoms with Gasteiger partial charge in [0.25, 0.3) is 0 Å². The van der Waals surface area contributed by atoms with Crippen molar-refractivity contribution in [2.75, 3.05) is 14.2 Å². The normalized spacial score (nSPS) is 26.8. The highest BCUT2D eigenvalue weighted by Crippen LogP contribution is 2.30. The van der Waals surface area contributed by atoms with Crippen LogP contribution in [0.25, 0.3) is 0 Å². The Bertz CT molecular complexity index is 353. The number of hydrogen-bond acceptors (Lipinski definition) is 4. The van der Waals surface area contributed by atoms with E-state index in [9.17, 15) is 9.59 Å². The average molecular weight is 253 g/mol. The van der Waals surface area contributed by atoms with Crippen molar-refractivity contribution >= 4 is 11.9 Å². The van der Waals surface area contributed by atoms with Crippen molar-refractivity contribution in [3.63, 3.8) is 0 Å². The maximum Gasteiger partial charge on any atom is 0.328 e. The van der Waals surface area contributed by atoms with E-state index in [2.05, 4.69) is 13.2 Å². The van der Waals surface area contributed by atoms with Gasteiger partial charge in [-0.1, -0.05) is 12.7 Å². The van der Waals surface area contributed by atoms with Crippen molar-refractivity contribution < 1.29 is 19.1 Å². The molecule has 1 fully saturated rings. The fourth-order valence-corrected chi connectivity index (χ4v) is 2.36. The molecule has 1 unspecified atom stereocenters. The fourth-order valence-electron chi connectivity index (χ4n) is 2.36. The number of rotatable bonds is 5. The number of carbonyl (C=O) groups is 2. The summed E-state index contributed by atoms with van der Waals surface area (Å²) in [6, 6.07) is -0.822. The Hall–Kier alpha value is -1.62. The molecule has 3 atom stereocenters. The van der Waals surface area contributed by atoms with Crippen molar-refractivity contribution in [1.29, 1.82) is 0 Å². The molecule has 5 nitrogen and oxygen atoms in total. The predicted octanol–water partition coefficient (Wildman–Crippen LogP) is 0.906. The quantitative estimate of drug-likeness (QED) is 0.415. The lowest BCUT2D eigenvalue weighted by molar-refractivity contribution is -0.150. The Kier molecular flexibility index (Phi) is 5.09. The maximum atomic E-state index is 11.9. The van der Waals surface area contributed by atoms with Crippen molar-refractivity contribution in [2.24, 2.45) is 0 Å². The molecule has 100 valence electrons. The third kappa shape index (κ3) is 2.61. The van der Waals surface area contributed by atoms with Crippen LogP contribution < -0.4 is 0 Å². The van der Waals surface area contributed by atoms with E-state index < -0.39 is 12.0 Å². The summed E-state index contributed by atoms with van der Waals surface area (Å²) in [6.45, 7) is 7.13. The van der Waals surface area contributed by atoms with Crippen LogP contribution in [0, 0.1) is 0 Å². The van der Waals surface area contributed by atoms with Gasteiger partial charge in [0.1, 0.15) is 6.04 Å². The molecular formula is C13H19NO4. The van der Waals surface area contributed by atoms with Crippen molar-refractivity contribution in [2.45, 2.75) is 31.0 Å². The highest BCUT2D eigenvalue weighted by molar-refractivity contribution is 5.92. The summed E-state index contributed by atoms with van der Waals surface area (Å²) in [5.74, 6) is -0.726. The van der Waals surface area contributed by atoms with E-state index in [0.29, 0.717) is 12.8 Å². The Morgan fingerprint density at radius 1 is 1.39 bits per heavy atom. The molecule has 0 N–H and O–H groups in total. The number of likely N-dealkylation sites (tertiary alicyclic amines) is 1. The van der Waals surface area contributed by atoms with Gasteiger partial charge in [-0.05, 0) is 12.5 Å². The van der Waals surface area contributed by atoms with Crippen LogP contribution in [0.3, 0.4) is 0 Å². The molecule has 0 spiro atoms. The van der Waals surface area contributed by atoms with Crippen LogP contribution in [0.15, 0.2) is 25.3 Å². The molecule has 1 aliphatic rings. The Labute approximate surface area is 107 Å². The highest BCUT2D eigenvalue weighted by Gasteiger charge is 2.46. The van der Waals surface area contributed by atoms with E-state index in [1.807, 2.05) is 0 Å². The molecule has 1 rings (SSSR count). The molecule has 0 aliphatic carbocycles. The number of amides is 1. The van der Waals surface area contributed by atoms with Crippen molar-refractivity contribution in [3.05, 3.63) is 25.3 Å². The molecule has 0 aromatic rings. The lowest BCUT2D eigenvalue weighted by Crippen LogP contribution is -2.45. The first-order valence-corrected chi connectivity index (χ1v) is 5.76. The first-order valence-electron chi connectivity index (χ1n) is 5.76. The number of ether oxygens (including phenoxy) is 2. The van der Waals surface area contributed by atoms with Gasteiger partial charge in [0.2, 0.25) is 5.91 Å². The minimum Gasteiger partial charge on any atom is -0.467 e. The van der Waals surface area contributed by atoms with E-state index in [1.54, 1.807) is 13.2 Å². The summed E-state index contributed by atoms with van der Waals surface area (Å²) < 4.78 is 10.1. The van der Waals surface area contributed by atoms with Gasteiger partial charge in [-0.2, -0.15) is 0 Å². The number of esters is 1. The average Bonchev–Trinajstić information content (AvgIpc) is 2.76. The van der Waals surface area contributed by atoms with Gasteiger partial charge in [0.15, 0.2) is 0 Å². The van der Waals surface area contributed by atoms with Crippen LogP contribution in [0.2, 0.25) is 0 Å². The molecule has 0 saturated carbocycles. The van der Waals surface area contributed by atoms with E-state index in [-0.39, 0.29) is 18.1 Å². The lowest BCUT2D eigenvalue weighted by atomic mass is 10.1. The molecule has 18 heavy (non-hydrogen) atoms. The minimum atomic E-state index is -0.615. The van der Waals surface area contributed by atoms with Crippen LogP contribution in [-0.4, -0.2) is 49.2 Å². The van der Waals surface area contributed by atoms with E-state index in [0.717, 1.165) is 0 Å². The van der Waals surface area contributed by atoms with Crippen LogP contribution >= 0.6 is 0 Å². The molecule has 1 heterocycles. The molecule has 1 saturated heterocycles. The summed E-state index contributed by atoms with van der Waals surface area (Å²) in [5.41, 5.74) is 0. The molecule has 0 bridgehead atoms. The standard InChI is InChI=1S/C13H19NO4/c1-5-7-9-11(17-3)8-10(13(16)18-4)14(9)12(15)6-2/h5-6,9-11H,1-2,7-8H2,3-4H3/t9?,10-,11+/m0/s1. The van der Waals surface area contributed by atoms with Gasteiger partial charge < -0.3 is 14.4 Å². The zero-order valence-electron chi connectivity index (χ0n) is 10.8. The summed E-state index contributed by atoms with van der Waals surface area (Å²) in [6.07, 6.45) is 3.70. The Balaban J connectivity index is 3.04. The summed E-state index contributed by atoms with van der Waals surface area (Å²) in [7, 11) is 2.87. The molecule has 0 radical (unpaired) electrons. The van der Waals surface area contributed by atoms with E-state index in [1.165, 1.54) is 18.1 Å². The molecule has 1 amide bonds. The molecule has 0 aromatic heterocycles.